The van der Waals surface area contributed by atoms with Crippen LogP contribution in [-0.2, 0) is 4.79 Å². The Morgan fingerprint density at radius 1 is 1.14 bits per heavy atom. The fraction of sp³-hybridized carbons (Fsp3) is 0.118. The normalized spacial score (nSPS) is 10.8. The van der Waals surface area contributed by atoms with Crippen LogP contribution in [0, 0.1) is 0 Å². The number of carbonyl (C=O) groups excluding carboxylic acids is 1. The maximum absolute atomic E-state index is 11.7. The van der Waals surface area contributed by atoms with E-state index in [0.717, 1.165) is 22.0 Å². The summed E-state index contributed by atoms with van der Waals surface area (Å²) in [5.41, 5.74) is 3.11. The van der Waals surface area contributed by atoms with Crippen molar-refractivity contribution in [2.75, 3.05) is 12.1 Å². The molecule has 1 amide bonds. The summed E-state index contributed by atoms with van der Waals surface area (Å²) in [6, 6.07) is 15.8. The quantitative estimate of drug-likeness (QED) is 0.700. The topological polar surface area (TPSA) is 25.2 Å². The van der Waals surface area contributed by atoms with Crippen molar-refractivity contribution in [2.24, 2.45) is 0 Å². The first kappa shape index (κ1) is 13.7. The first-order valence-corrected chi connectivity index (χ1v) is 7.06. The minimum Gasteiger partial charge on any atom is -0.273 e. The van der Waals surface area contributed by atoms with Gasteiger partial charge < -0.3 is 0 Å². The van der Waals surface area contributed by atoms with Gasteiger partial charge in [-0.25, -0.2) is 0 Å². The molecule has 0 aliphatic heterocycles. The molecule has 2 aromatic carbocycles. The Hall–Kier alpha value is -2.26. The third-order valence-electron chi connectivity index (χ3n) is 3.61. The van der Waals surface area contributed by atoms with E-state index in [-0.39, 0.29) is 5.91 Å². The largest absolute Gasteiger partial charge is 0.273 e. The van der Waals surface area contributed by atoms with Crippen LogP contribution in [0.5, 0.6) is 0 Å². The van der Waals surface area contributed by atoms with Crippen LogP contribution in [0.1, 0.15) is 6.92 Å². The van der Waals surface area contributed by atoms with Crippen LogP contribution in [0.3, 0.4) is 0 Å². The van der Waals surface area contributed by atoms with Gasteiger partial charge in [-0.05, 0) is 23.8 Å². The summed E-state index contributed by atoms with van der Waals surface area (Å²) in [5.74, 6) is -0.0264. The van der Waals surface area contributed by atoms with Crippen molar-refractivity contribution in [1.29, 1.82) is 0 Å². The third-order valence-corrected chi connectivity index (χ3v) is 3.85. The first-order valence-electron chi connectivity index (χ1n) is 6.68. The molecule has 0 saturated carbocycles. The molecule has 0 spiro atoms. The summed E-state index contributed by atoms with van der Waals surface area (Å²) >= 11 is 6.14. The third kappa shape index (κ3) is 2.41. The summed E-state index contributed by atoms with van der Waals surface area (Å²) in [6.45, 7) is 1.55. The predicted molar refractivity (Wildman–Crippen MR) is 87.2 cm³/mol. The van der Waals surface area contributed by atoms with E-state index < -0.39 is 0 Å². The molecular formula is C17H15ClN2O. The van der Waals surface area contributed by atoms with Crippen molar-refractivity contribution in [3.63, 3.8) is 0 Å². The highest BCUT2D eigenvalue weighted by atomic mass is 35.5. The van der Waals surface area contributed by atoms with Crippen molar-refractivity contribution in [3.05, 3.63) is 59.8 Å². The number of hydrogen-bond donors (Lipinski definition) is 0. The van der Waals surface area contributed by atoms with Crippen molar-refractivity contribution in [2.45, 2.75) is 6.92 Å². The van der Waals surface area contributed by atoms with Gasteiger partial charge in [0.25, 0.3) is 0 Å². The lowest BCUT2D eigenvalue weighted by Crippen LogP contribution is -2.33. The number of rotatable bonds is 2. The number of aromatic nitrogens is 1. The molecule has 3 nitrogen and oxygen atoms in total. The Morgan fingerprint density at radius 3 is 2.52 bits per heavy atom. The molecule has 0 unspecified atom stereocenters. The van der Waals surface area contributed by atoms with E-state index in [1.165, 1.54) is 0 Å². The number of fused-ring (bicyclic) bond motifs is 1. The molecular weight excluding hydrogens is 284 g/mol. The molecule has 4 heteroatoms. The number of benzene rings is 2. The molecule has 3 rings (SSSR count). The molecule has 0 saturated heterocycles. The van der Waals surface area contributed by atoms with Gasteiger partial charge in [-0.1, -0.05) is 41.9 Å². The van der Waals surface area contributed by atoms with Crippen LogP contribution < -0.4 is 5.01 Å². The SMILES string of the molecule is CC(=O)N(C)n1cc(-c2ccccc2)c2cc(Cl)ccc21. The van der Waals surface area contributed by atoms with Gasteiger partial charge in [0.05, 0.1) is 5.52 Å². The Labute approximate surface area is 128 Å². The molecule has 1 heterocycles. The Balaban J connectivity index is 2.30. The number of halogens is 1. The molecule has 0 radical (unpaired) electrons. The maximum Gasteiger partial charge on any atom is 0.237 e. The van der Waals surface area contributed by atoms with Crippen molar-refractivity contribution in [3.8, 4) is 11.1 Å². The number of carbonyl (C=O) groups is 1. The van der Waals surface area contributed by atoms with Gasteiger partial charge in [0, 0.05) is 36.1 Å². The zero-order chi connectivity index (χ0) is 15.0. The van der Waals surface area contributed by atoms with Gasteiger partial charge in [0.15, 0.2) is 0 Å². The molecule has 0 N–H and O–H groups in total. The average Bonchev–Trinajstić information content (AvgIpc) is 2.85. The van der Waals surface area contributed by atoms with E-state index >= 15 is 0 Å². The van der Waals surface area contributed by atoms with Crippen LogP contribution in [-0.4, -0.2) is 17.6 Å². The molecule has 106 valence electrons. The summed E-state index contributed by atoms with van der Waals surface area (Å²) in [4.78, 5) is 11.7. The van der Waals surface area contributed by atoms with Gasteiger partial charge in [0.2, 0.25) is 5.91 Å². The smallest absolute Gasteiger partial charge is 0.237 e. The molecule has 21 heavy (non-hydrogen) atoms. The fourth-order valence-electron chi connectivity index (χ4n) is 2.43. The van der Waals surface area contributed by atoms with Gasteiger partial charge in [-0.2, -0.15) is 0 Å². The Bertz CT molecular complexity index is 808. The second kappa shape index (κ2) is 5.26. The lowest BCUT2D eigenvalue weighted by atomic mass is 10.1. The highest BCUT2D eigenvalue weighted by Crippen LogP contribution is 2.32. The lowest BCUT2D eigenvalue weighted by Gasteiger charge is -2.17. The Kier molecular flexibility index (Phi) is 3.43. The second-order valence-corrected chi connectivity index (χ2v) is 5.39. The lowest BCUT2D eigenvalue weighted by molar-refractivity contribution is -0.117. The van der Waals surface area contributed by atoms with Gasteiger partial charge in [0.1, 0.15) is 0 Å². The number of nitrogens with zero attached hydrogens (tertiary/aromatic N) is 2. The molecule has 1 aromatic heterocycles. The van der Waals surface area contributed by atoms with E-state index in [1.807, 2.05) is 59.4 Å². The number of amides is 1. The van der Waals surface area contributed by atoms with Crippen LogP contribution in [0.2, 0.25) is 5.02 Å². The molecule has 0 aliphatic rings. The highest BCUT2D eigenvalue weighted by Gasteiger charge is 2.14. The number of hydrogen-bond acceptors (Lipinski definition) is 1. The molecule has 0 aliphatic carbocycles. The Morgan fingerprint density at radius 2 is 1.86 bits per heavy atom. The summed E-state index contributed by atoms with van der Waals surface area (Å²) in [7, 11) is 1.76. The van der Waals surface area contributed by atoms with Crippen molar-refractivity contribution < 1.29 is 4.79 Å². The molecule has 0 fully saturated rings. The van der Waals surface area contributed by atoms with Gasteiger partial charge >= 0.3 is 0 Å². The first-order chi connectivity index (χ1) is 10.1. The van der Waals surface area contributed by atoms with Crippen LogP contribution in [0.25, 0.3) is 22.0 Å². The monoisotopic (exact) mass is 298 g/mol. The van der Waals surface area contributed by atoms with E-state index in [4.69, 9.17) is 11.6 Å². The maximum atomic E-state index is 11.7. The fourth-order valence-corrected chi connectivity index (χ4v) is 2.60. The minimum atomic E-state index is -0.0264. The van der Waals surface area contributed by atoms with Gasteiger partial charge in [-0.15, -0.1) is 0 Å². The van der Waals surface area contributed by atoms with Gasteiger partial charge in [-0.3, -0.25) is 14.5 Å². The van der Waals surface area contributed by atoms with E-state index in [9.17, 15) is 4.79 Å². The predicted octanol–water partition coefficient (Wildman–Crippen LogP) is 4.08. The molecule has 0 atom stereocenters. The van der Waals surface area contributed by atoms with Crippen LogP contribution >= 0.6 is 11.6 Å². The summed E-state index contributed by atoms with van der Waals surface area (Å²) < 4.78 is 1.86. The minimum absolute atomic E-state index is 0.0264. The molecule has 3 aromatic rings. The zero-order valence-corrected chi connectivity index (χ0v) is 12.6. The average molecular weight is 299 g/mol. The van der Waals surface area contributed by atoms with Crippen LogP contribution in [0.15, 0.2) is 54.7 Å². The highest BCUT2D eigenvalue weighted by molar-refractivity contribution is 6.31. The van der Waals surface area contributed by atoms with Crippen LogP contribution in [0.4, 0.5) is 0 Å². The zero-order valence-electron chi connectivity index (χ0n) is 11.9. The standard InChI is InChI=1S/C17H15ClN2O/c1-12(21)19(2)20-11-16(13-6-4-3-5-7-13)15-10-14(18)8-9-17(15)20/h3-11H,1-2H3. The van der Waals surface area contributed by atoms with Crippen molar-refractivity contribution >= 4 is 28.4 Å². The molecule has 0 bridgehead atoms. The summed E-state index contributed by atoms with van der Waals surface area (Å²) in [6.07, 6.45) is 1.97. The second-order valence-electron chi connectivity index (χ2n) is 4.96. The van der Waals surface area contributed by atoms with E-state index in [0.29, 0.717) is 5.02 Å². The van der Waals surface area contributed by atoms with E-state index in [1.54, 1.807) is 19.0 Å². The van der Waals surface area contributed by atoms with Crippen molar-refractivity contribution in [1.82, 2.24) is 4.68 Å². The van der Waals surface area contributed by atoms with E-state index in [2.05, 4.69) is 0 Å². The summed E-state index contributed by atoms with van der Waals surface area (Å²) in [5, 5.41) is 3.30.